The Morgan fingerprint density at radius 1 is 1.35 bits per heavy atom. The summed E-state index contributed by atoms with van der Waals surface area (Å²) in [5.74, 6) is 0. The minimum absolute atomic E-state index is 0.107. The molecule has 1 unspecified atom stereocenters. The largest absolute Gasteiger partial charge is 0.350 e. The van der Waals surface area contributed by atoms with Crippen LogP contribution >= 0.6 is 0 Å². The molecule has 5 heteroatoms. The molecule has 1 aromatic rings. The summed E-state index contributed by atoms with van der Waals surface area (Å²) in [5.41, 5.74) is 1.08. The molecule has 0 aliphatic carbocycles. The van der Waals surface area contributed by atoms with Gasteiger partial charge in [0.25, 0.3) is 0 Å². The average Bonchev–Trinajstić information content (AvgIpc) is 2.88. The Bertz CT molecular complexity index is 315. The molecular weight excluding hydrogens is 218 g/mol. The van der Waals surface area contributed by atoms with E-state index in [1.54, 1.807) is 6.33 Å². The fourth-order valence-corrected chi connectivity index (χ4v) is 1.88. The van der Waals surface area contributed by atoms with Crippen LogP contribution in [0.25, 0.3) is 0 Å². The van der Waals surface area contributed by atoms with Crippen molar-refractivity contribution in [3.05, 3.63) is 24.3 Å². The van der Waals surface area contributed by atoms with Gasteiger partial charge >= 0.3 is 0 Å². The second-order valence-electron chi connectivity index (χ2n) is 4.09. The number of rotatable bonds is 6. The molecule has 0 bridgehead atoms. The number of aromatic nitrogens is 2. The fraction of sp³-hybridized carbons (Fsp3) is 0.667. The second kappa shape index (κ2) is 6.64. The molecule has 5 nitrogen and oxygen atoms in total. The Balaban J connectivity index is 1.97. The highest BCUT2D eigenvalue weighted by molar-refractivity contribution is 5.09. The van der Waals surface area contributed by atoms with E-state index in [1.807, 2.05) is 12.4 Å². The van der Waals surface area contributed by atoms with Crippen LogP contribution in [0.2, 0.25) is 0 Å². The molecule has 1 N–H and O–H groups in total. The van der Waals surface area contributed by atoms with E-state index in [1.165, 1.54) is 0 Å². The standard InChI is InChI=1S/C12H19N3O2/c1-2-3-15-11(6-12-16-4-5-17-12)10-7-13-9-14-8-10/h7-9,11-12,15H,2-6H2,1H3. The molecule has 1 aromatic heterocycles. The Morgan fingerprint density at radius 3 is 2.71 bits per heavy atom. The van der Waals surface area contributed by atoms with Gasteiger partial charge in [0.15, 0.2) is 6.29 Å². The van der Waals surface area contributed by atoms with E-state index in [0.717, 1.165) is 24.9 Å². The molecular formula is C12H19N3O2. The van der Waals surface area contributed by atoms with Crippen molar-refractivity contribution < 1.29 is 9.47 Å². The molecule has 1 fully saturated rings. The zero-order chi connectivity index (χ0) is 11.9. The quantitative estimate of drug-likeness (QED) is 0.807. The summed E-state index contributed by atoms with van der Waals surface area (Å²) in [6.45, 7) is 4.49. The van der Waals surface area contributed by atoms with Crippen LogP contribution in [0.1, 0.15) is 31.4 Å². The summed E-state index contributed by atoms with van der Waals surface area (Å²) >= 11 is 0. The highest BCUT2D eigenvalue weighted by Gasteiger charge is 2.22. The van der Waals surface area contributed by atoms with Crippen LogP contribution in [-0.2, 0) is 9.47 Å². The predicted octanol–water partition coefficient (Wildman–Crippen LogP) is 1.28. The Hall–Kier alpha value is -1.04. The highest BCUT2D eigenvalue weighted by Crippen LogP contribution is 2.21. The van der Waals surface area contributed by atoms with E-state index in [4.69, 9.17) is 9.47 Å². The van der Waals surface area contributed by atoms with Crippen LogP contribution in [0.15, 0.2) is 18.7 Å². The third-order valence-corrected chi connectivity index (χ3v) is 2.74. The van der Waals surface area contributed by atoms with E-state index >= 15 is 0 Å². The SMILES string of the molecule is CCCNC(CC1OCCO1)c1cncnc1. The Labute approximate surface area is 102 Å². The van der Waals surface area contributed by atoms with Crippen LogP contribution in [0.4, 0.5) is 0 Å². The van der Waals surface area contributed by atoms with Crippen molar-refractivity contribution in [2.75, 3.05) is 19.8 Å². The van der Waals surface area contributed by atoms with Gasteiger partial charge in [-0.25, -0.2) is 9.97 Å². The van der Waals surface area contributed by atoms with Crippen molar-refractivity contribution >= 4 is 0 Å². The van der Waals surface area contributed by atoms with Gasteiger partial charge in [-0.3, -0.25) is 0 Å². The number of nitrogens with one attached hydrogen (secondary N) is 1. The summed E-state index contributed by atoms with van der Waals surface area (Å²) in [7, 11) is 0. The van der Waals surface area contributed by atoms with Gasteiger partial charge in [-0.05, 0) is 13.0 Å². The van der Waals surface area contributed by atoms with E-state index < -0.39 is 0 Å². The normalized spacial score (nSPS) is 18.4. The maximum absolute atomic E-state index is 5.48. The number of ether oxygens (including phenoxy) is 2. The third-order valence-electron chi connectivity index (χ3n) is 2.74. The molecule has 0 radical (unpaired) electrons. The molecule has 1 saturated heterocycles. The summed E-state index contributed by atoms with van der Waals surface area (Å²) in [5, 5.41) is 3.47. The lowest BCUT2D eigenvalue weighted by Crippen LogP contribution is -2.27. The molecule has 2 rings (SSSR count). The molecule has 94 valence electrons. The number of hydrogen-bond acceptors (Lipinski definition) is 5. The van der Waals surface area contributed by atoms with Gasteiger partial charge in [0, 0.05) is 30.4 Å². The maximum atomic E-state index is 5.48. The Morgan fingerprint density at radius 2 is 2.06 bits per heavy atom. The average molecular weight is 237 g/mol. The van der Waals surface area contributed by atoms with E-state index in [0.29, 0.717) is 13.2 Å². The van der Waals surface area contributed by atoms with Crippen LogP contribution < -0.4 is 5.32 Å². The summed E-state index contributed by atoms with van der Waals surface area (Å²) < 4.78 is 11.0. The monoisotopic (exact) mass is 237 g/mol. The molecule has 2 heterocycles. The molecule has 0 spiro atoms. The van der Waals surface area contributed by atoms with Crippen molar-refractivity contribution in [2.24, 2.45) is 0 Å². The number of nitrogens with zero attached hydrogens (tertiary/aromatic N) is 2. The molecule has 1 aliphatic heterocycles. The fourth-order valence-electron chi connectivity index (χ4n) is 1.88. The summed E-state index contributed by atoms with van der Waals surface area (Å²) in [6.07, 6.45) is 7.02. The summed E-state index contributed by atoms with van der Waals surface area (Å²) in [4.78, 5) is 8.11. The van der Waals surface area contributed by atoms with Gasteiger partial charge in [-0.15, -0.1) is 0 Å². The molecule has 0 amide bonds. The van der Waals surface area contributed by atoms with Crippen molar-refractivity contribution in [2.45, 2.75) is 32.1 Å². The first-order valence-electron chi connectivity index (χ1n) is 6.11. The maximum Gasteiger partial charge on any atom is 0.159 e. The molecule has 1 atom stereocenters. The van der Waals surface area contributed by atoms with Crippen molar-refractivity contribution in [3.63, 3.8) is 0 Å². The van der Waals surface area contributed by atoms with Gasteiger partial charge in [0.05, 0.1) is 13.2 Å². The topological polar surface area (TPSA) is 56.3 Å². The third kappa shape index (κ3) is 3.73. The molecule has 17 heavy (non-hydrogen) atoms. The van der Waals surface area contributed by atoms with E-state index in [9.17, 15) is 0 Å². The first-order valence-corrected chi connectivity index (χ1v) is 6.11. The zero-order valence-electron chi connectivity index (χ0n) is 10.1. The van der Waals surface area contributed by atoms with Gasteiger partial charge in [0.1, 0.15) is 6.33 Å². The van der Waals surface area contributed by atoms with Crippen molar-refractivity contribution in [1.29, 1.82) is 0 Å². The van der Waals surface area contributed by atoms with Gasteiger partial charge < -0.3 is 14.8 Å². The first-order chi connectivity index (χ1) is 8.40. The van der Waals surface area contributed by atoms with Crippen LogP contribution in [0.5, 0.6) is 0 Å². The van der Waals surface area contributed by atoms with Crippen LogP contribution in [-0.4, -0.2) is 36.0 Å². The summed E-state index contributed by atoms with van der Waals surface area (Å²) in [6, 6.07) is 0.194. The van der Waals surface area contributed by atoms with Crippen molar-refractivity contribution in [1.82, 2.24) is 15.3 Å². The van der Waals surface area contributed by atoms with E-state index in [2.05, 4.69) is 22.2 Å². The lowest BCUT2D eigenvalue weighted by atomic mass is 10.1. The van der Waals surface area contributed by atoms with Crippen LogP contribution in [0.3, 0.4) is 0 Å². The first kappa shape index (κ1) is 12.4. The smallest absolute Gasteiger partial charge is 0.159 e. The van der Waals surface area contributed by atoms with Gasteiger partial charge in [0.2, 0.25) is 0 Å². The molecule has 0 aromatic carbocycles. The zero-order valence-corrected chi connectivity index (χ0v) is 10.1. The molecule has 1 aliphatic rings. The second-order valence-corrected chi connectivity index (χ2v) is 4.09. The van der Waals surface area contributed by atoms with Crippen molar-refractivity contribution in [3.8, 4) is 0 Å². The molecule has 0 saturated carbocycles. The van der Waals surface area contributed by atoms with Gasteiger partial charge in [-0.2, -0.15) is 0 Å². The minimum atomic E-state index is -0.107. The Kier molecular flexibility index (Phi) is 4.85. The minimum Gasteiger partial charge on any atom is -0.350 e. The van der Waals surface area contributed by atoms with Crippen LogP contribution in [0, 0.1) is 0 Å². The van der Waals surface area contributed by atoms with Gasteiger partial charge in [-0.1, -0.05) is 6.92 Å². The lowest BCUT2D eigenvalue weighted by Gasteiger charge is -2.20. The number of hydrogen-bond donors (Lipinski definition) is 1. The highest BCUT2D eigenvalue weighted by atomic mass is 16.7. The predicted molar refractivity (Wildman–Crippen MR) is 63.4 cm³/mol. The van der Waals surface area contributed by atoms with E-state index in [-0.39, 0.29) is 12.3 Å². The lowest BCUT2D eigenvalue weighted by molar-refractivity contribution is -0.0530.